The van der Waals surface area contributed by atoms with Crippen molar-refractivity contribution >= 4 is 29.6 Å². The van der Waals surface area contributed by atoms with Crippen molar-refractivity contribution in [1.29, 1.82) is 0 Å². The Balaban J connectivity index is 0.00000133. The maximum absolute atomic E-state index is 5.99. The first-order valence-corrected chi connectivity index (χ1v) is 7.40. The van der Waals surface area contributed by atoms with Gasteiger partial charge in [-0.2, -0.15) is 0 Å². The van der Waals surface area contributed by atoms with Crippen LogP contribution in [-0.4, -0.2) is 12.1 Å². The molecule has 0 radical (unpaired) electrons. The minimum atomic E-state index is 0. The smallest absolute Gasteiger partial charge is 0.0437 e. The largest absolute Gasteiger partial charge is 0.307 e. The molecular formula is C16H21Cl2N. The van der Waals surface area contributed by atoms with E-state index < -0.39 is 0 Å². The molecule has 1 aliphatic carbocycles. The molecule has 3 rings (SSSR count). The highest BCUT2D eigenvalue weighted by atomic mass is 35.5. The van der Waals surface area contributed by atoms with E-state index in [4.69, 9.17) is 11.6 Å². The van der Waals surface area contributed by atoms with Crippen LogP contribution in [0.15, 0.2) is 30.3 Å². The van der Waals surface area contributed by atoms with Crippen molar-refractivity contribution in [3.05, 3.63) is 40.9 Å². The second kappa shape index (κ2) is 6.30. The summed E-state index contributed by atoms with van der Waals surface area (Å²) in [7, 11) is 0. The van der Waals surface area contributed by atoms with Crippen molar-refractivity contribution in [1.82, 2.24) is 5.32 Å². The molecule has 0 unspecified atom stereocenters. The van der Waals surface area contributed by atoms with Gasteiger partial charge in [-0.3, -0.25) is 0 Å². The fourth-order valence-electron chi connectivity index (χ4n) is 3.44. The van der Waals surface area contributed by atoms with E-state index in [0.717, 1.165) is 18.0 Å². The summed E-state index contributed by atoms with van der Waals surface area (Å²) in [5.74, 6) is 0. The number of benzene rings is 1. The standard InChI is InChI=1S/C16H20ClN.ClH/c17-14-8-6-13(7-9-14)15-5-4-12-18-16(15)10-2-1-3-11-16;/h5-9,18H,1-4,10-12H2;1H. The minimum Gasteiger partial charge on any atom is -0.307 e. The summed E-state index contributed by atoms with van der Waals surface area (Å²) in [6, 6.07) is 8.33. The number of halogens is 2. The van der Waals surface area contributed by atoms with Gasteiger partial charge in [0.1, 0.15) is 0 Å². The molecule has 1 aromatic rings. The van der Waals surface area contributed by atoms with Crippen LogP contribution in [0.3, 0.4) is 0 Å². The molecule has 1 heterocycles. The predicted octanol–water partition coefficient (Wildman–Crippen LogP) is 4.84. The van der Waals surface area contributed by atoms with E-state index in [1.807, 2.05) is 12.1 Å². The predicted molar refractivity (Wildman–Crippen MR) is 85.1 cm³/mol. The van der Waals surface area contributed by atoms with E-state index in [1.165, 1.54) is 43.2 Å². The number of rotatable bonds is 1. The highest BCUT2D eigenvalue weighted by Gasteiger charge is 2.37. The summed E-state index contributed by atoms with van der Waals surface area (Å²) >= 11 is 5.99. The maximum atomic E-state index is 5.99. The Morgan fingerprint density at radius 2 is 1.68 bits per heavy atom. The number of nitrogens with one attached hydrogen (secondary N) is 1. The normalized spacial score (nSPS) is 21.6. The van der Waals surface area contributed by atoms with Gasteiger partial charge in [-0.25, -0.2) is 0 Å². The molecule has 3 heteroatoms. The van der Waals surface area contributed by atoms with Gasteiger partial charge >= 0.3 is 0 Å². The number of hydrogen-bond donors (Lipinski definition) is 1. The highest BCUT2D eigenvalue weighted by Crippen LogP contribution is 2.41. The molecule has 1 saturated carbocycles. The lowest BCUT2D eigenvalue weighted by molar-refractivity contribution is 0.295. The van der Waals surface area contributed by atoms with E-state index in [9.17, 15) is 0 Å². The van der Waals surface area contributed by atoms with Crippen LogP contribution < -0.4 is 5.32 Å². The third-order valence-electron chi connectivity index (χ3n) is 4.33. The summed E-state index contributed by atoms with van der Waals surface area (Å²) in [6.45, 7) is 1.12. The molecule has 104 valence electrons. The Morgan fingerprint density at radius 1 is 1.00 bits per heavy atom. The van der Waals surface area contributed by atoms with Gasteiger partial charge in [-0.05, 0) is 49.1 Å². The first-order chi connectivity index (χ1) is 8.80. The monoisotopic (exact) mass is 297 g/mol. The summed E-state index contributed by atoms with van der Waals surface area (Å²) in [4.78, 5) is 0. The molecule has 0 amide bonds. The molecule has 19 heavy (non-hydrogen) atoms. The third kappa shape index (κ3) is 2.99. The van der Waals surface area contributed by atoms with Gasteiger partial charge in [0.2, 0.25) is 0 Å². The lowest BCUT2D eigenvalue weighted by Crippen LogP contribution is -2.49. The zero-order valence-electron chi connectivity index (χ0n) is 11.1. The summed E-state index contributed by atoms with van der Waals surface area (Å²) in [6.07, 6.45) is 10.2. The topological polar surface area (TPSA) is 12.0 Å². The van der Waals surface area contributed by atoms with Crippen molar-refractivity contribution in [3.8, 4) is 0 Å². The van der Waals surface area contributed by atoms with Crippen molar-refractivity contribution in [2.24, 2.45) is 0 Å². The molecule has 1 fully saturated rings. The van der Waals surface area contributed by atoms with Crippen molar-refractivity contribution in [2.45, 2.75) is 44.1 Å². The van der Waals surface area contributed by atoms with Gasteiger partial charge in [-0.15, -0.1) is 12.4 Å². The summed E-state index contributed by atoms with van der Waals surface area (Å²) < 4.78 is 0. The van der Waals surface area contributed by atoms with Crippen molar-refractivity contribution in [3.63, 3.8) is 0 Å². The van der Waals surface area contributed by atoms with Crippen LogP contribution >= 0.6 is 24.0 Å². The van der Waals surface area contributed by atoms with Gasteiger partial charge < -0.3 is 5.32 Å². The Morgan fingerprint density at radius 3 is 2.37 bits per heavy atom. The van der Waals surface area contributed by atoms with Gasteiger partial charge in [-0.1, -0.05) is 49.1 Å². The molecule has 1 aromatic carbocycles. The second-order valence-corrected chi connectivity index (χ2v) is 5.92. The fourth-order valence-corrected chi connectivity index (χ4v) is 3.57. The van der Waals surface area contributed by atoms with Gasteiger partial charge in [0.05, 0.1) is 0 Å². The molecule has 1 N–H and O–H groups in total. The van der Waals surface area contributed by atoms with E-state index in [0.29, 0.717) is 0 Å². The van der Waals surface area contributed by atoms with Crippen LogP contribution in [0.2, 0.25) is 5.02 Å². The lowest BCUT2D eigenvalue weighted by atomic mass is 9.72. The molecule has 1 aliphatic heterocycles. The van der Waals surface area contributed by atoms with Crippen LogP contribution in [0.25, 0.3) is 5.57 Å². The van der Waals surface area contributed by atoms with E-state index in [2.05, 4.69) is 23.5 Å². The van der Waals surface area contributed by atoms with Crippen molar-refractivity contribution < 1.29 is 0 Å². The zero-order valence-corrected chi connectivity index (χ0v) is 12.7. The van der Waals surface area contributed by atoms with Crippen LogP contribution in [-0.2, 0) is 0 Å². The molecular weight excluding hydrogens is 277 g/mol. The Bertz CT molecular complexity index is 444. The molecule has 1 nitrogen and oxygen atoms in total. The second-order valence-electron chi connectivity index (χ2n) is 5.48. The summed E-state index contributed by atoms with van der Waals surface area (Å²) in [5, 5.41) is 4.62. The maximum Gasteiger partial charge on any atom is 0.0437 e. The quantitative estimate of drug-likeness (QED) is 0.782. The molecule has 0 atom stereocenters. The molecule has 2 aliphatic rings. The van der Waals surface area contributed by atoms with E-state index in [1.54, 1.807) is 0 Å². The first-order valence-electron chi connectivity index (χ1n) is 7.02. The van der Waals surface area contributed by atoms with Gasteiger partial charge in [0.25, 0.3) is 0 Å². The van der Waals surface area contributed by atoms with Gasteiger partial charge in [0, 0.05) is 10.6 Å². The minimum absolute atomic E-state index is 0. The van der Waals surface area contributed by atoms with Gasteiger partial charge in [0.15, 0.2) is 0 Å². The molecule has 0 bridgehead atoms. The van der Waals surface area contributed by atoms with Crippen molar-refractivity contribution in [2.75, 3.05) is 6.54 Å². The van der Waals surface area contributed by atoms with E-state index in [-0.39, 0.29) is 17.9 Å². The Hall–Kier alpha value is -0.500. The third-order valence-corrected chi connectivity index (χ3v) is 4.59. The summed E-state index contributed by atoms with van der Waals surface area (Å²) in [5.41, 5.74) is 3.09. The van der Waals surface area contributed by atoms with Crippen LogP contribution in [0.5, 0.6) is 0 Å². The highest BCUT2D eigenvalue weighted by molar-refractivity contribution is 6.30. The first kappa shape index (κ1) is 14.9. The van der Waals surface area contributed by atoms with E-state index >= 15 is 0 Å². The molecule has 1 spiro atoms. The van der Waals surface area contributed by atoms with Crippen LogP contribution in [0.4, 0.5) is 0 Å². The number of hydrogen-bond acceptors (Lipinski definition) is 1. The average Bonchev–Trinajstić information content (AvgIpc) is 2.42. The Labute approximate surface area is 126 Å². The molecule has 0 aromatic heterocycles. The van der Waals surface area contributed by atoms with Crippen LogP contribution in [0, 0.1) is 0 Å². The molecule has 0 saturated heterocycles. The average molecular weight is 298 g/mol. The Kier molecular flexibility index (Phi) is 4.94. The van der Waals surface area contributed by atoms with Crippen LogP contribution in [0.1, 0.15) is 44.1 Å². The fraction of sp³-hybridized carbons (Fsp3) is 0.500. The SMILES string of the molecule is Cl.Clc1ccc(C2=CCCNC23CCCCC3)cc1. The lowest BCUT2D eigenvalue weighted by Gasteiger charge is -2.43. The zero-order chi connectivity index (χ0) is 12.4.